The minimum absolute atomic E-state index is 0.245. The average molecular weight is 209 g/mol. The summed E-state index contributed by atoms with van der Waals surface area (Å²) in [6.07, 6.45) is 5.05. The van der Waals surface area contributed by atoms with E-state index >= 15 is 0 Å². The maximum absolute atomic E-state index is 10.2. The number of carboxylic acid groups (broad SMARTS) is 1. The first-order valence-corrected chi connectivity index (χ1v) is 4.96. The first-order chi connectivity index (χ1) is 7.29. The van der Waals surface area contributed by atoms with Gasteiger partial charge in [0.15, 0.2) is 0 Å². The van der Waals surface area contributed by atoms with Gasteiger partial charge in [-0.25, -0.2) is 9.97 Å². The standard InChI is InChI=1S/C10H15N3O2/c14-10(15)3-1-2-5-11-7-9-4-6-12-8-13-9/h4,6,8,11H,1-3,5,7H2,(H,14,15). The summed E-state index contributed by atoms with van der Waals surface area (Å²) >= 11 is 0. The van der Waals surface area contributed by atoms with Gasteiger partial charge < -0.3 is 10.4 Å². The summed E-state index contributed by atoms with van der Waals surface area (Å²) in [7, 11) is 0. The monoisotopic (exact) mass is 209 g/mol. The molecular formula is C10H15N3O2. The van der Waals surface area contributed by atoms with Crippen LogP contribution >= 0.6 is 0 Å². The van der Waals surface area contributed by atoms with E-state index in [1.54, 1.807) is 6.20 Å². The van der Waals surface area contributed by atoms with E-state index in [-0.39, 0.29) is 6.42 Å². The van der Waals surface area contributed by atoms with E-state index in [1.165, 1.54) is 6.33 Å². The molecular weight excluding hydrogens is 194 g/mol. The van der Waals surface area contributed by atoms with Gasteiger partial charge in [0.05, 0.1) is 5.69 Å². The van der Waals surface area contributed by atoms with E-state index in [4.69, 9.17) is 5.11 Å². The molecule has 5 heteroatoms. The summed E-state index contributed by atoms with van der Waals surface area (Å²) in [4.78, 5) is 18.1. The predicted molar refractivity (Wildman–Crippen MR) is 55.2 cm³/mol. The normalized spacial score (nSPS) is 10.1. The summed E-state index contributed by atoms with van der Waals surface area (Å²) in [6.45, 7) is 1.52. The maximum Gasteiger partial charge on any atom is 0.303 e. The van der Waals surface area contributed by atoms with Gasteiger partial charge in [0.1, 0.15) is 6.33 Å². The molecule has 0 aliphatic rings. The first-order valence-electron chi connectivity index (χ1n) is 4.96. The second kappa shape index (κ2) is 6.89. The number of hydrogen-bond acceptors (Lipinski definition) is 4. The minimum Gasteiger partial charge on any atom is -0.481 e. The maximum atomic E-state index is 10.2. The largest absolute Gasteiger partial charge is 0.481 e. The second-order valence-corrected chi connectivity index (χ2v) is 3.23. The lowest BCUT2D eigenvalue weighted by Gasteiger charge is -2.02. The number of carbonyl (C=O) groups is 1. The minimum atomic E-state index is -0.731. The van der Waals surface area contributed by atoms with Crippen molar-refractivity contribution in [1.29, 1.82) is 0 Å². The van der Waals surface area contributed by atoms with Crippen molar-refractivity contribution in [2.45, 2.75) is 25.8 Å². The lowest BCUT2D eigenvalue weighted by molar-refractivity contribution is -0.137. The van der Waals surface area contributed by atoms with Crippen molar-refractivity contribution in [3.63, 3.8) is 0 Å². The fourth-order valence-corrected chi connectivity index (χ4v) is 1.17. The quantitative estimate of drug-likeness (QED) is 0.650. The van der Waals surface area contributed by atoms with Gasteiger partial charge in [0, 0.05) is 19.2 Å². The topological polar surface area (TPSA) is 75.1 Å². The molecule has 0 radical (unpaired) electrons. The molecule has 1 rings (SSSR count). The van der Waals surface area contributed by atoms with Gasteiger partial charge in [0.25, 0.3) is 0 Å². The number of aromatic nitrogens is 2. The SMILES string of the molecule is O=C(O)CCCCNCc1ccncn1. The Morgan fingerprint density at radius 1 is 1.47 bits per heavy atom. The van der Waals surface area contributed by atoms with Gasteiger partial charge >= 0.3 is 5.97 Å². The van der Waals surface area contributed by atoms with Crippen molar-refractivity contribution >= 4 is 5.97 Å². The Bertz CT molecular complexity index is 290. The van der Waals surface area contributed by atoms with Crippen molar-refractivity contribution in [3.8, 4) is 0 Å². The van der Waals surface area contributed by atoms with Gasteiger partial charge in [0.2, 0.25) is 0 Å². The van der Waals surface area contributed by atoms with Crippen LogP contribution in [0.1, 0.15) is 25.0 Å². The Morgan fingerprint density at radius 3 is 3.00 bits per heavy atom. The van der Waals surface area contributed by atoms with Crippen LogP contribution < -0.4 is 5.32 Å². The fraction of sp³-hybridized carbons (Fsp3) is 0.500. The molecule has 5 nitrogen and oxygen atoms in total. The second-order valence-electron chi connectivity index (χ2n) is 3.23. The zero-order valence-electron chi connectivity index (χ0n) is 8.52. The van der Waals surface area contributed by atoms with E-state index in [2.05, 4.69) is 15.3 Å². The number of carboxylic acids is 1. The van der Waals surface area contributed by atoms with Crippen LogP contribution in [0.15, 0.2) is 18.6 Å². The van der Waals surface area contributed by atoms with Crippen molar-refractivity contribution in [2.75, 3.05) is 6.54 Å². The molecule has 0 spiro atoms. The molecule has 0 saturated carbocycles. The molecule has 0 amide bonds. The number of nitrogens with one attached hydrogen (secondary N) is 1. The Labute approximate surface area is 88.6 Å². The van der Waals surface area contributed by atoms with Crippen LogP contribution in [0.4, 0.5) is 0 Å². The molecule has 0 unspecified atom stereocenters. The van der Waals surface area contributed by atoms with Crippen LogP contribution in [0.5, 0.6) is 0 Å². The summed E-state index contributed by atoms with van der Waals surface area (Å²) in [5, 5.41) is 11.6. The molecule has 0 saturated heterocycles. The van der Waals surface area contributed by atoms with E-state index < -0.39 is 5.97 Å². The number of nitrogens with zero attached hydrogens (tertiary/aromatic N) is 2. The molecule has 82 valence electrons. The summed E-state index contributed by atoms with van der Waals surface area (Å²) < 4.78 is 0. The molecule has 0 atom stereocenters. The third-order valence-corrected chi connectivity index (χ3v) is 1.94. The molecule has 2 N–H and O–H groups in total. The van der Waals surface area contributed by atoms with Crippen LogP contribution in [-0.2, 0) is 11.3 Å². The van der Waals surface area contributed by atoms with Crippen LogP contribution in [0.2, 0.25) is 0 Å². The molecule has 0 aromatic carbocycles. The summed E-state index contributed by atoms with van der Waals surface area (Å²) in [5.74, 6) is -0.731. The molecule has 15 heavy (non-hydrogen) atoms. The number of rotatable bonds is 7. The summed E-state index contributed by atoms with van der Waals surface area (Å²) in [6, 6.07) is 1.85. The molecule has 1 aromatic heterocycles. The summed E-state index contributed by atoms with van der Waals surface area (Å²) in [5.41, 5.74) is 0.947. The Hall–Kier alpha value is -1.49. The van der Waals surface area contributed by atoms with Crippen LogP contribution in [0.25, 0.3) is 0 Å². The highest BCUT2D eigenvalue weighted by atomic mass is 16.4. The Balaban J connectivity index is 2.00. The molecule has 0 bridgehead atoms. The Kier molecular flexibility index (Phi) is 5.32. The number of aliphatic carboxylic acids is 1. The molecule has 0 aliphatic heterocycles. The van der Waals surface area contributed by atoms with E-state index in [0.29, 0.717) is 13.0 Å². The van der Waals surface area contributed by atoms with Crippen molar-refractivity contribution in [3.05, 3.63) is 24.3 Å². The lowest BCUT2D eigenvalue weighted by atomic mass is 10.2. The molecule has 0 fully saturated rings. The van der Waals surface area contributed by atoms with Crippen molar-refractivity contribution in [1.82, 2.24) is 15.3 Å². The average Bonchev–Trinajstić information content (AvgIpc) is 2.24. The van der Waals surface area contributed by atoms with Gasteiger partial charge in [-0.3, -0.25) is 4.79 Å². The molecule has 1 heterocycles. The van der Waals surface area contributed by atoms with E-state index in [0.717, 1.165) is 18.7 Å². The smallest absolute Gasteiger partial charge is 0.303 e. The predicted octanol–water partition coefficient (Wildman–Crippen LogP) is 0.821. The van der Waals surface area contributed by atoms with E-state index in [9.17, 15) is 4.79 Å². The van der Waals surface area contributed by atoms with Crippen LogP contribution in [0.3, 0.4) is 0 Å². The van der Waals surface area contributed by atoms with Crippen LogP contribution in [-0.4, -0.2) is 27.6 Å². The van der Waals surface area contributed by atoms with Gasteiger partial charge in [-0.15, -0.1) is 0 Å². The Morgan fingerprint density at radius 2 is 2.33 bits per heavy atom. The number of hydrogen-bond donors (Lipinski definition) is 2. The number of unbranched alkanes of at least 4 members (excludes halogenated alkanes) is 1. The highest BCUT2D eigenvalue weighted by Crippen LogP contribution is 1.94. The van der Waals surface area contributed by atoms with Gasteiger partial charge in [-0.1, -0.05) is 0 Å². The molecule has 1 aromatic rings. The zero-order chi connectivity index (χ0) is 10.9. The highest BCUT2D eigenvalue weighted by molar-refractivity contribution is 5.66. The third-order valence-electron chi connectivity index (χ3n) is 1.94. The molecule has 0 aliphatic carbocycles. The van der Waals surface area contributed by atoms with Gasteiger partial charge in [-0.05, 0) is 25.5 Å². The first kappa shape index (κ1) is 11.6. The van der Waals surface area contributed by atoms with E-state index in [1.807, 2.05) is 6.07 Å². The lowest BCUT2D eigenvalue weighted by Crippen LogP contribution is -2.15. The van der Waals surface area contributed by atoms with Crippen LogP contribution in [0, 0.1) is 0 Å². The zero-order valence-corrected chi connectivity index (χ0v) is 8.52. The third kappa shape index (κ3) is 5.74. The van der Waals surface area contributed by atoms with Crippen molar-refractivity contribution < 1.29 is 9.90 Å². The van der Waals surface area contributed by atoms with Gasteiger partial charge in [-0.2, -0.15) is 0 Å². The fourth-order valence-electron chi connectivity index (χ4n) is 1.17. The van der Waals surface area contributed by atoms with Crippen molar-refractivity contribution in [2.24, 2.45) is 0 Å². The highest BCUT2D eigenvalue weighted by Gasteiger charge is 1.96.